The SMILES string of the molecule is O=C(Nc1ccc(CNc2ccc3nnnn3n2)cc1)c1ccco1. The van der Waals surface area contributed by atoms with Crippen molar-refractivity contribution in [2.75, 3.05) is 10.6 Å². The Morgan fingerprint density at radius 2 is 2.00 bits per heavy atom. The molecule has 9 nitrogen and oxygen atoms in total. The summed E-state index contributed by atoms with van der Waals surface area (Å²) >= 11 is 0. The lowest BCUT2D eigenvalue weighted by atomic mass is 10.2. The maximum absolute atomic E-state index is 11.9. The van der Waals surface area contributed by atoms with Gasteiger partial charge in [0.1, 0.15) is 5.82 Å². The lowest BCUT2D eigenvalue weighted by Crippen LogP contribution is -2.11. The number of hydrogen-bond donors (Lipinski definition) is 2. The van der Waals surface area contributed by atoms with E-state index < -0.39 is 0 Å². The Hall–Kier alpha value is -3.75. The first-order valence-corrected chi connectivity index (χ1v) is 7.51. The van der Waals surface area contributed by atoms with E-state index in [0.717, 1.165) is 5.56 Å². The maximum atomic E-state index is 11.9. The average molecular weight is 335 g/mol. The van der Waals surface area contributed by atoms with E-state index in [4.69, 9.17) is 4.42 Å². The van der Waals surface area contributed by atoms with Crippen LogP contribution in [0.15, 0.2) is 59.2 Å². The number of nitrogens with zero attached hydrogens (tertiary/aromatic N) is 5. The maximum Gasteiger partial charge on any atom is 0.291 e. The zero-order chi connectivity index (χ0) is 17.1. The number of furan rings is 1. The van der Waals surface area contributed by atoms with Crippen LogP contribution in [0.4, 0.5) is 11.5 Å². The molecule has 3 heterocycles. The highest BCUT2D eigenvalue weighted by Gasteiger charge is 2.08. The quantitative estimate of drug-likeness (QED) is 0.573. The largest absolute Gasteiger partial charge is 0.459 e. The normalized spacial score (nSPS) is 10.7. The number of nitrogens with one attached hydrogen (secondary N) is 2. The smallest absolute Gasteiger partial charge is 0.291 e. The third-order valence-electron chi connectivity index (χ3n) is 3.50. The van der Waals surface area contributed by atoms with Crippen molar-refractivity contribution in [2.45, 2.75) is 6.54 Å². The van der Waals surface area contributed by atoms with E-state index in [1.165, 1.54) is 10.9 Å². The van der Waals surface area contributed by atoms with Crippen LogP contribution in [0.2, 0.25) is 0 Å². The van der Waals surface area contributed by atoms with Gasteiger partial charge < -0.3 is 15.1 Å². The van der Waals surface area contributed by atoms with Crippen molar-refractivity contribution in [3.05, 3.63) is 66.1 Å². The van der Waals surface area contributed by atoms with Crippen molar-refractivity contribution in [3.63, 3.8) is 0 Å². The number of tetrazole rings is 1. The summed E-state index contributed by atoms with van der Waals surface area (Å²) in [5, 5.41) is 21.3. The molecule has 0 saturated carbocycles. The second kappa shape index (κ2) is 6.40. The predicted molar refractivity (Wildman–Crippen MR) is 89.0 cm³/mol. The van der Waals surface area contributed by atoms with Crippen molar-refractivity contribution in [1.82, 2.24) is 25.3 Å². The van der Waals surface area contributed by atoms with Gasteiger partial charge in [-0.05, 0) is 52.4 Å². The van der Waals surface area contributed by atoms with E-state index in [1.807, 2.05) is 30.3 Å². The summed E-state index contributed by atoms with van der Waals surface area (Å²) in [5.41, 5.74) is 2.31. The molecule has 0 atom stereocenters. The standard InChI is InChI=1S/C16H13N7O2/c24-16(13-2-1-9-25-13)18-12-5-3-11(4-6-12)10-17-14-7-8-15-19-21-22-23(15)20-14/h1-9H,10H2,(H,17,20)(H,18,24). The molecule has 124 valence electrons. The molecule has 0 unspecified atom stereocenters. The van der Waals surface area contributed by atoms with Crippen molar-refractivity contribution in [2.24, 2.45) is 0 Å². The Morgan fingerprint density at radius 3 is 2.80 bits per heavy atom. The number of carbonyl (C=O) groups excluding carboxylic acids is 1. The number of hydrogen-bond acceptors (Lipinski definition) is 7. The van der Waals surface area contributed by atoms with E-state index in [1.54, 1.807) is 18.2 Å². The monoisotopic (exact) mass is 335 g/mol. The minimum Gasteiger partial charge on any atom is -0.459 e. The molecule has 0 fully saturated rings. The lowest BCUT2D eigenvalue weighted by Gasteiger charge is -2.07. The van der Waals surface area contributed by atoms with Crippen molar-refractivity contribution in [1.29, 1.82) is 0 Å². The molecule has 0 bridgehead atoms. The fourth-order valence-corrected chi connectivity index (χ4v) is 2.24. The van der Waals surface area contributed by atoms with Gasteiger partial charge in [0.05, 0.1) is 6.26 Å². The van der Waals surface area contributed by atoms with Gasteiger partial charge in [0.15, 0.2) is 11.4 Å². The molecule has 4 aromatic rings. The number of carbonyl (C=O) groups is 1. The lowest BCUT2D eigenvalue weighted by molar-refractivity contribution is 0.0996. The van der Waals surface area contributed by atoms with Crippen LogP contribution >= 0.6 is 0 Å². The molecule has 0 saturated heterocycles. The Kier molecular flexibility index (Phi) is 3.79. The van der Waals surface area contributed by atoms with Crippen LogP contribution in [0.5, 0.6) is 0 Å². The second-order valence-corrected chi connectivity index (χ2v) is 5.23. The van der Waals surface area contributed by atoms with Gasteiger partial charge in [-0.15, -0.1) is 14.8 Å². The molecule has 25 heavy (non-hydrogen) atoms. The van der Waals surface area contributed by atoms with Crippen LogP contribution in [0.1, 0.15) is 16.1 Å². The molecule has 4 rings (SSSR count). The molecule has 0 radical (unpaired) electrons. The first kappa shape index (κ1) is 14.8. The minimum absolute atomic E-state index is 0.273. The fourth-order valence-electron chi connectivity index (χ4n) is 2.24. The van der Waals surface area contributed by atoms with E-state index in [-0.39, 0.29) is 11.7 Å². The Balaban J connectivity index is 1.37. The van der Waals surface area contributed by atoms with Gasteiger partial charge in [-0.3, -0.25) is 4.79 Å². The van der Waals surface area contributed by atoms with Gasteiger partial charge in [-0.25, -0.2) is 0 Å². The summed E-state index contributed by atoms with van der Waals surface area (Å²) in [7, 11) is 0. The summed E-state index contributed by atoms with van der Waals surface area (Å²) in [6.45, 7) is 0.576. The number of fused-ring (bicyclic) bond motifs is 1. The van der Waals surface area contributed by atoms with E-state index >= 15 is 0 Å². The van der Waals surface area contributed by atoms with E-state index in [2.05, 4.69) is 31.3 Å². The van der Waals surface area contributed by atoms with Gasteiger partial charge >= 0.3 is 0 Å². The molecule has 2 N–H and O–H groups in total. The van der Waals surface area contributed by atoms with Crippen LogP contribution in [0.25, 0.3) is 5.65 Å². The van der Waals surface area contributed by atoms with Gasteiger partial charge in [0.25, 0.3) is 5.91 Å². The molecule has 1 amide bonds. The first-order chi connectivity index (χ1) is 12.3. The molecule has 0 aliphatic carbocycles. The topological polar surface area (TPSA) is 110 Å². The Morgan fingerprint density at radius 1 is 1.12 bits per heavy atom. The molecular formula is C16H13N7O2. The molecule has 0 aliphatic heterocycles. The molecule has 3 aromatic heterocycles. The van der Waals surface area contributed by atoms with Gasteiger partial charge in [0, 0.05) is 12.2 Å². The van der Waals surface area contributed by atoms with Crippen LogP contribution < -0.4 is 10.6 Å². The predicted octanol–water partition coefficient (Wildman–Crippen LogP) is 1.98. The second-order valence-electron chi connectivity index (χ2n) is 5.23. The summed E-state index contributed by atoms with van der Waals surface area (Å²) in [4.78, 5) is 11.9. The first-order valence-electron chi connectivity index (χ1n) is 7.51. The Labute approximate surface area is 141 Å². The van der Waals surface area contributed by atoms with Gasteiger partial charge in [0.2, 0.25) is 0 Å². The molecular weight excluding hydrogens is 322 g/mol. The molecule has 1 aromatic carbocycles. The molecule has 9 heteroatoms. The van der Waals surface area contributed by atoms with Crippen molar-refractivity contribution >= 4 is 23.1 Å². The summed E-state index contributed by atoms with van der Waals surface area (Å²) < 4.78 is 6.42. The van der Waals surface area contributed by atoms with Crippen LogP contribution in [-0.2, 0) is 6.54 Å². The summed E-state index contributed by atoms with van der Waals surface area (Å²) in [6.07, 6.45) is 1.46. The fraction of sp³-hybridized carbons (Fsp3) is 0.0625. The number of rotatable bonds is 5. The number of anilines is 2. The molecule has 0 aliphatic rings. The third-order valence-corrected chi connectivity index (χ3v) is 3.50. The third kappa shape index (κ3) is 3.29. The zero-order valence-corrected chi connectivity index (χ0v) is 13.0. The van der Waals surface area contributed by atoms with Crippen LogP contribution in [0.3, 0.4) is 0 Å². The highest BCUT2D eigenvalue weighted by molar-refractivity contribution is 6.02. The average Bonchev–Trinajstić information content (AvgIpc) is 3.32. The van der Waals surface area contributed by atoms with Gasteiger partial charge in [-0.1, -0.05) is 12.1 Å². The van der Waals surface area contributed by atoms with E-state index in [0.29, 0.717) is 23.7 Å². The number of aromatic nitrogens is 5. The van der Waals surface area contributed by atoms with Crippen molar-refractivity contribution < 1.29 is 9.21 Å². The minimum atomic E-state index is -0.283. The van der Waals surface area contributed by atoms with Gasteiger partial charge in [-0.2, -0.15) is 0 Å². The number of benzene rings is 1. The Bertz CT molecular complexity index is 993. The highest BCUT2D eigenvalue weighted by Crippen LogP contribution is 2.13. The highest BCUT2D eigenvalue weighted by atomic mass is 16.3. The molecule has 0 spiro atoms. The van der Waals surface area contributed by atoms with E-state index in [9.17, 15) is 4.79 Å². The zero-order valence-electron chi connectivity index (χ0n) is 13.0. The van der Waals surface area contributed by atoms with Crippen molar-refractivity contribution in [3.8, 4) is 0 Å². The van der Waals surface area contributed by atoms with Crippen LogP contribution in [0, 0.1) is 0 Å². The summed E-state index contributed by atoms with van der Waals surface area (Å²) in [6, 6.07) is 14.4. The summed E-state index contributed by atoms with van der Waals surface area (Å²) in [5.74, 6) is 0.652. The number of amides is 1. The van der Waals surface area contributed by atoms with Crippen LogP contribution in [-0.4, -0.2) is 31.2 Å².